The fraction of sp³-hybridized carbons (Fsp3) is 0.333. The SMILES string of the molecule is CC(C)(C)NC(=O)c1cnc2c(c1)N(S(=O)(=O)c1cccc(Cl)c1)CCO2. The number of anilines is 1. The summed E-state index contributed by atoms with van der Waals surface area (Å²) in [6.45, 7) is 5.84. The summed E-state index contributed by atoms with van der Waals surface area (Å²) in [7, 11) is -3.88. The first-order valence-electron chi connectivity index (χ1n) is 8.31. The van der Waals surface area contributed by atoms with Crippen molar-refractivity contribution in [1.82, 2.24) is 10.3 Å². The molecule has 0 atom stereocenters. The number of halogens is 1. The van der Waals surface area contributed by atoms with Crippen LogP contribution in [0.4, 0.5) is 5.69 Å². The van der Waals surface area contributed by atoms with Gasteiger partial charge in [0, 0.05) is 16.8 Å². The quantitative estimate of drug-likeness (QED) is 0.842. The van der Waals surface area contributed by atoms with Crippen LogP contribution in [0.1, 0.15) is 31.1 Å². The van der Waals surface area contributed by atoms with Crippen molar-refractivity contribution in [1.29, 1.82) is 0 Å². The summed E-state index contributed by atoms with van der Waals surface area (Å²) in [4.78, 5) is 16.6. The molecule has 1 amide bonds. The minimum absolute atomic E-state index is 0.0624. The van der Waals surface area contributed by atoms with Crippen molar-refractivity contribution >= 4 is 33.2 Å². The number of benzene rings is 1. The molecule has 0 bridgehead atoms. The van der Waals surface area contributed by atoms with Crippen LogP contribution in [0.25, 0.3) is 0 Å². The molecule has 7 nitrogen and oxygen atoms in total. The predicted molar refractivity (Wildman–Crippen MR) is 103 cm³/mol. The molecular formula is C18H20ClN3O4S. The molecule has 2 aromatic rings. The van der Waals surface area contributed by atoms with Gasteiger partial charge in [-0.3, -0.25) is 9.10 Å². The van der Waals surface area contributed by atoms with Crippen LogP contribution in [0.5, 0.6) is 5.88 Å². The van der Waals surface area contributed by atoms with E-state index < -0.39 is 15.6 Å². The minimum Gasteiger partial charge on any atom is -0.474 e. The van der Waals surface area contributed by atoms with Gasteiger partial charge in [-0.05, 0) is 45.0 Å². The summed E-state index contributed by atoms with van der Waals surface area (Å²) in [5.41, 5.74) is 0.0407. The van der Waals surface area contributed by atoms with Gasteiger partial charge in [0.15, 0.2) is 0 Å². The van der Waals surface area contributed by atoms with Crippen molar-refractivity contribution in [3.63, 3.8) is 0 Å². The van der Waals surface area contributed by atoms with Crippen molar-refractivity contribution in [2.75, 3.05) is 17.5 Å². The monoisotopic (exact) mass is 409 g/mol. The second kappa shape index (κ2) is 7.01. The van der Waals surface area contributed by atoms with Crippen LogP contribution >= 0.6 is 11.6 Å². The van der Waals surface area contributed by atoms with Gasteiger partial charge >= 0.3 is 0 Å². The molecule has 0 saturated heterocycles. The molecule has 0 aliphatic carbocycles. The Morgan fingerprint density at radius 1 is 1.30 bits per heavy atom. The number of hydrogen-bond donors (Lipinski definition) is 1. The van der Waals surface area contributed by atoms with E-state index in [9.17, 15) is 13.2 Å². The van der Waals surface area contributed by atoms with Crippen LogP contribution < -0.4 is 14.4 Å². The molecule has 3 rings (SSSR count). The Morgan fingerprint density at radius 3 is 2.70 bits per heavy atom. The van der Waals surface area contributed by atoms with Gasteiger partial charge in [-0.15, -0.1) is 0 Å². The highest BCUT2D eigenvalue weighted by Crippen LogP contribution is 2.34. The van der Waals surface area contributed by atoms with Gasteiger partial charge in [0.1, 0.15) is 12.3 Å². The number of sulfonamides is 1. The summed E-state index contributed by atoms with van der Waals surface area (Å²) in [5.74, 6) is -0.178. The molecule has 0 radical (unpaired) electrons. The van der Waals surface area contributed by atoms with Crippen LogP contribution in [-0.4, -0.2) is 38.0 Å². The molecule has 27 heavy (non-hydrogen) atoms. The van der Waals surface area contributed by atoms with Gasteiger partial charge in [-0.2, -0.15) is 0 Å². The number of rotatable bonds is 3. The topological polar surface area (TPSA) is 88.6 Å². The lowest BCUT2D eigenvalue weighted by Gasteiger charge is -2.30. The van der Waals surface area contributed by atoms with E-state index in [1.807, 2.05) is 20.8 Å². The summed E-state index contributed by atoms with van der Waals surface area (Å²) in [6.07, 6.45) is 1.37. The number of pyridine rings is 1. The average molecular weight is 410 g/mol. The van der Waals surface area contributed by atoms with E-state index in [1.165, 1.54) is 28.7 Å². The van der Waals surface area contributed by atoms with E-state index in [-0.39, 0.29) is 41.1 Å². The zero-order valence-electron chi connectivity index (χ0n) is 15.2. The maximum absolute atomic E-state index is 13.1. The molecule has 1 aliphatic heterocycles. The van der Waals surface area contributed by atoms with Crippen LogP contribution in [0.3, 0.4) is 0 Å². The number of carbonyl (C=O) groups is 1. The number of fused-ring (bicyclic) bond motifs is 1. The molecule has 9 heteroatoms. The highest BCUT2D eigenvalue weighted by molar-refractivity contribution is 7.92. The molecule has 0 saturated carbocycles. The van der Waals surface area contributed by atoms with Gasteiger partial charge < -0.3 is 10.1 Å². The van der Waals surface area contributed by atoms with Crippen molar-refractivity contribution in [3.05, 3.63) is 47.1 Å². The summed E-state index contributed by atoms with van der Waals surface area (Å²) >= 11 is 5.95. The van der Waals surface area contributed by atoms with E-state index in [1.54, 1.807) is 12.1 Å². The lowest BCUT2D eigenvalue weighted by atomic mass is 10.1. The van der Waals surface area contributed by atoms with Crippen molar-refractivity contribution in [2.45, 2.75) is 31.2 Å². The van der Waals surface area contributed by atoms with Crippen LogP contribution in [0.2, 0.25) is 5.02 Å². The molecule has 2 heterocycles. The van der Waals surface area contributed by atoms with E-state index in [4.69, 9.17) is 16.3 Å². The fourth-order valence-electron chi connectivity index (χ4n) is 2.62. The summed E-state index contributed by atoms with van der Waals surface area (Å²) in [5, 5.41) is 3.15. The molecule has 1 aromatic carbocycles. The Bertz CT molecular complexity index is 986. The Balaban J connectivity index is 2.02. The second-order valence-corrected chi connectivity index (χ2v) is 9.43. The lowest BCUT2D eigenvalue weighted by Crippen LogP contribution is -2.41. The van der Waals surface area contributed by atoms with Crippen molar-refractivity contribution < 1.29 is 17.9 Å². The van der Waals surface area contributed by atoms with Crippen LogP contribution in [0, 0.1) is 0 Å². The Morgan fingerprint density at radius 2 is 2.04 bits per heavy atom. The molecule has 0 fully saturated rings. The number of nitrogens with one attached hydrogen (secondary N) is 1. The minimum atomic E-state index is -3.88. The van der Waals surface area contributed by atoms with E-state index >= 15 is 0 Å². The first kappa shape index (κ1) is 19.4. The molecule has 0 spiro atoms. The number of aromatic nitrogens is 1. The first-order chi connectivity index (χ1) is 12.6. The summed E-state index contributed by atoms with van der Waals surface area (Å²) in [6, 6.07) is 7.51. The van der Waals surface area contributed by atoms with E-state index in [0.29, 0.717) is 5.02 Å². The lowest BCUT2D eigenvalue weighted by molar-refractivity contribution is 0.0919. The maximum Gasteiger partial charge on any atom is 0.264 e. The zero-order chi connectivity index (χ0) is 19.8. The van der Waals surface area contributed by atoms with Gasteiger partial charge in [0.25, 0.3) is 15.9 Å². The van der Waals surface area contributed by atoms with Gasteiger partial charge in [0.2, 0.25) is 5.88 Å². The standard InChI is InChI=1S/C18H20ClN3O4S/c1-18(2,3)21-16(23)12-9-15-17(20-11-12)26-8-7-22(15)27(24,25)14-6-4-5-13(19)10-14/h4-6,9-11H,7-8H2,1-3H3,(H,21,23). The highest BCUT2D eigenvalue weighted by Gasteiger charge is 2.32. The Labute approximate surface area is 163 Å². The zero-order valence-corrected chi connectivity index (χ0v) is 16.8. The fourth-order valence-corrected chi connectivity index (χ4v) is 4.36. The highest BCUT2D eigenvalue weighted by atomic mass is 35.5. The Kier molecular flexibility index (Phi) is 5.05. The van der Waals surface area contributed by atoms with Crippen molar-refractivity contribution in [2.24, 2.45) is 0 Å². The van der Waals surface area contributed by atoms with E-state index in [2.05, 4.69) is 10.3 Å². The first-order valence-corrected chi connectivity index (χ1v) is 10.1. The molecule has 144 valence electrons. The average Bonchev–Trinajstić information content (AvgIpc) is 2.59. The third kappa shape index (κ3) is 4.17. The number of nitrogens with zero attached hydrogens (tertiary/aromatic N) is 2. The van der Waals surface area contributed by atoms with Gasteiger partial charge in [-0.25, -0.2) is 13.4 Å². The molecule has 1 N–H and O–H groups in total. The van der Waals surface area contributed by atoms with E-state index in [0.717, 1.165) is 0 Å². The Hall–Kier alpha value is -2.32. The molecular weight excluding hydrogens is 390 g/mol. The summed E-state index contributed by atoms with van der Waals surface area (Å²) < 4.78 is 32.9. The normalized spacial score (nSPS) is 14.3. The smallest absolute Gasteiger partial charge is 0.264 e. The molecule has 0 unspecified atom stereocenters. The molecule has 1 aromatic heterocycles. The number of carbonyl (C=O) groups excluding carboxylic acids is 1. The second-order valence-electron chi connectivity index (χ2n) is 7.14. The van der Waals surface area contributed by atoms with Gasteiger partial charge in [-0.1, -0.05) is 17.7 Å². The maximum atomic E-state index is 13.1. The number of hydrogen-bond acceptors (Lipinski definition) is 5. The largest absolute Gasteiger partial charge is 0.474 e. The van der Waals surface area contributed by atoms with Crippen molar-refractivity contribution in [3.8, 4) is 5.88 Å². The third-order valence-electron chi connectivity index (χ3n) is 3.77. The number of ether oxygens (including phenoxy) is 1. The predicted octanol–water partition coefficient (Wildman–Crippen LogP) is 2.85. The van der Waals surface area contributed by atoms with Gasteiger partial charge in [0.05, 0.1) is 17.0 Å². The third-order valence-corrected chi connectivity index (χ3v) is 5.81. The van der Waals surface area contributed by atoms with Crippen LogP contribution in [0.15, 0.2) is 41.4 Å². The number of amides is 1. The molecule has 1 aliphatic rings. The van der Waals surface area contributed by atoms with Crippen LogP contribution in [-0.2, 0) is 10.0 Å².